The monoisotopic (exact) mass is 332 g/mol. The Hall–Kier alpha value is -2.61. The Morgan fingerprint density at radius 3 is 2.75 bits per heavy atom. The molecule has 1 amide bonds. The summed E-state index contributed by atoms with van der Waals surface area (Å²) in [6.45, 7) is 3.21. The molecule has 1 aliphatic rings. The van der Waals surface area contributed by atoms with Crippen molar-refractivity contribution in [1.29, 1.82) is 0 Å². The van der Waals surface area contributed by atoms with E-state index in [0.717, 1.165) is 5.69 Å². The van der Waals surface area contributed by atoms with Gasteiger partial charge in [0.2, 0.25) is 11.8 Å². The van der Waals surface area contributed by atoms with Crippen LogP contribution in [0.3, 0.4) is 0 Å². The van der Waals surface area contributed by atoms with Gasteiger partial charge in [0.25, 0.3) is 5.91 Å². The van der Waals surface area contributed by atoms with Crippen molar-refractivity contribution in [3.05, 3.63) is 35.2 Å². The van der Waals surface area contributed by atoms with E-state index in [-0.39, 0.29) is 11.8 Å². The number of aromatic nitrogens is 3. The Labute approximate surface area is 139 Å². The zero-order valence-corrected chi connectivity index (χ0v) is 13.9. The summed E-state index contributed by atoms with van der Waals surface area (Å²) in [6.07, 6.45) is -0.627. The molecule has 0 bridgehead atoms. The van der Waals surface area contributed by atoms with Crippen molar-refractivity contribution >= 4 is 5.91 Å². The van der Waals surface area contributed by atoms with Gasteiger partial charge in [0, 0.05) is 12.6 Å². The fourth-order valence-corrected chi connectivity index (χ4v) is 2.69. The van der Waals surface area contributed by atoms with Crippen LogP contribution in [0.15, 0.2) is 18.2 Å². The number of carbonyl (C=O) groups excluding carboxylic acids is 1. The van der Waals surface area contributed by atoms with Gasteiger partial charge in [-0.25, -0.2) is 0 Å². The molecule has 8 heteroatoms. The molecule has 8 nitrogen and oxygen atoms in total. The Balaban J connectivity index is 1.83. The molecule has 3 rings (SSSR count). The van der Waals surface area contributed by atoms with Crippen LogP contribution in [0.5, 0.6) is 11.8 Å². The third-order valence-corrected chi connectivity index (χ3v) is 4.00. The number of hydrogen-bond acceptors (Lipinski definition) is 6. The predicted octanol–water partition coefficient (Wildman–Crippen LogP) is 1.00. The van der Waals surface area contributed by atoms with Crippen molar-refractivity contribution in [3.8, 4) is 11.8 Å². The molecule has 0 aliphatic carbocycles. The molecule has 2 aromatic heterocycles. The predicted molar refractivity (Wildman–Crippen MR) is 84.9 cm³/mol. The molecule has 0 fully saturated rings. The van der Waals surface area contributed by atoms with Gasteiger partial charge in [-0.3, -0.25) is 9.48 Å². The Morgan fingerprint density at radius 1 is 1.29 bits per heavy atom. The minimum atomic E-state index is -0.627. The molecule has 0 aromatic carbocycles. The fourth-order valence-electron chi connectivity index (χ4n) is 2.69. The van der Waals surface area contributed by atoms with E-state index < -0.39 is 6.10 Å². The van der Waals surface area contributed by atoms with Gasteiger partial charge in [0.15, 0.2) is 0 Å². The standard InChI is InChI=1S/C16H20N4O4/c1-10(21)13-8-11-9-19(6-7-20(11)18-13)16(22)12-4-5-14(23-2)17-15(12)24-3/h4-5,8,10,21H,6-7,9H2,1-3H3. The lowest BCUT2D eigenvalue weighted by Crippen LogP contribution is -2.38. The van der Waals surface area contributed by atoms with Gasteiger partial charge >= 0.3 is 0 Å². The number of amides is 1. The van der Waals surface area contributed by atoms with Crippen molar-refractivity contribution in [2.45, 2.75) is 26.1 Å². The van der Waals surface area contributed by atoms with Crippen molar-refractivity contribution in [2.75, 3.05) is 20.8 Å². The van der Waals surface area contributed by atoms with Gasteiger partial charge in [-0.15, -0.1) is 0 Å². The van der Waals surface area contributed by atoms with Gasteiger partial charge in [-0.2, -0.15) is 10.1 Å². The maximum Gasteiger partial charge on any atom is 0.259 e. The summed E-state index contributed by atoms with van der Waals surface area (Å²) in [7, 11) is 2.98. The summed E-state index contributed by atoms with van der Waals surface area (Å²) in [5.41, 5.74) is 1.90. The van der Waals surface area contributed by atoms with Crippen molar-refractivity contribution < 1.29 is 19.4 Å². The second-order valence-corrected chi connectivity index (χ2v) is 5.60. The Morgan fingerprint density at radius 2 is 2.08 bits per heavy atom. The molecule has 24 heavy (non-hydrogen) atoms. The largest absolute Gasteiger partial charge is 0.481 e. The first-order chi connectivity index (χ1) is 11.5. The number of pyridine rings is 1. The molecule has 1 aliphatic heterocycles. The molecule has 1 unspecified atom stereocenters. The topological polar surface area (TPSA) is 89.7 Å². The van der Waals surface area contributed by atoms with Crippen LogP contribution < -0.4 is 9.47 Å². The van der Waals surface area contributed by atoms with E-state index in [1.807, 2.05) is 10.7 Å². The molecule has 0 saturated heterocycles. The zero-order valence-electron chi connectivity index (χ0n) is 13.9. The van der Waals surface area contributed by atoms with Crippen LogP contribution in [-0.4, -0.2) is 51.4 Å². The average Bonchev–Trinajstić information content (AvgIpc) is 3.04. The number of aliphatic hydroxyl groups is 1. The molecule has 0 radical (unpaired) electrons. The SMILES string of the molecule is COc1ccc(C(=O)N2CCn3nc(C(C)O)cc3C2)c(OC)n1. The summed E-state index contributed by atoms with van der Waals surface area (Å²) in [6, 6.07) is 5.11. The highest BCUT2D eigenvalue weighted by Gasteiger charge is 2.26. The minimum absolute atomic E-state index is 0.159. The Bertz CT molecular complexity index is 757. The number of hydrogen-bond donors (Lipinski definition) is 1. The number of methoxy groups -OCH3 is 2. The lowest BCUT2D eigenvalue weighted by Gasteiger charge is -2.28. The smallest absolute Gasteiger partial charge is 0.259 e. The molecule has 0 spiro atoms. The summed E-state index contributed by atoms with van der Waals surface area (Å²) in [5.74, 6) is 0.470. The highest BCUT2D eigenvalue weighted by Crippen LogP contribution is 2.24. The van der Waals surface area contributed by atoms with E-state index in [0.29, 0.717) is 36.8 Å². The molecule has 0 saturated carbocycles. The second-order valence-electron chi connectivity index (χ2n) is 5.60. The van der Waals surface area contributed by atoms with Gasteiger partial charge in [-0.1, -0.05) is 0 Å². The van der Waals surface area contributed by atoms with Crippen molar-refractivity contribution in [3.63, 3.8) is 0 Å². The van der Waals surface area contributed by atoms with Crippen LogP contribution >= 0.6 is 0 Å². The van der Waals surface area contributed by atoms with Crippen LogP contribution in [0, 0.1) is 0 Å². The van der Waals surface area contributed by atoms with E-state index in [9.17, 15) is 9.90 Å². The van der Waals surface area contributed by atoms with Gasteiger partial charge < -0.3 is 19.5 Å². The molecule has 128 valence electrons. The maximum absolute atomic E-state index is 12.8. The number of carbonyl (C=O) groups is 1. The molecule has 2 aromatic rings. The maximum atomic E-state index is 12.8. The van der Waals surface area contributed by atoms with E-state index >= 15 is 0 Å². The van der Waals surface area contributed by atoms with E-state index in [2.05, 4.69) is 10.1 Å². The summed E-state index contributed by atoms with van der Waals surface area (Å²) < 4.78 is 12.1. The van der Waals surface area contributed by atoms with Crippen LogP contribution in [0.1, 0.15) is 34.8 Å². The van der Waals surface area contributed by atoms with E-state index in [1.54, 1.807) is 24.0 Å². The van der Waals surface area contributed by atoms with E-state index in [1.165, 1.54) is 14.2 Å². The summed E-state index contributed by atoms with van der Waals surface area (Å²) >= 11 is 0. The fraction of sp³-hybridized carbons (Fsp3) is 0.438. The minimum Gasteiger partial charge on any atom is -0.481 e. The number of aliphatic hydroxyl groups excluding tert-OH is 1. The average molecular weight is 332 g/mol. The molecular weight excluding hydrogens is 312 g/mol. The van der Waals surface area contributed by atoms with Crippen molar-refractivity contribution in [1.82, 2.24) is 19.7 Å². The van der Waals surface area contributed by atoms with Crippen LogP contribution in [0.2, 0.25) is 0 Å². The third kappa shape index (κ3) is 2.92. The Kier molecular flexibility index (Phi) is 4.39. The number of fused-ring (bicyclic) bond motifs is 1. The first-order valence-corrected chi connectivity index (χ1v) is 7.66. The van der Waals surface area contributed by atoms with E-state index in [4.69, 9.17) is 9.47 Å². The number of ether oxygens (including phenoxy) is 2. The summed E-state index contributed by atoms with van der Waals surface area (Å²) in [4.78, 5) is 18.7. The number of rotatable bonds is 4. The summed E-state index contributed by atoms with van der Waals surface area (Å²) in [5, 5.41) is 14.0. The zero-order chi connectivity index (χ0) is 17.3. The highest BCUT2D eigenvalue weighted by molar-refractivity contribution is 5.96. The lowest BCUT2D eigenvalue weighted by molar-refractivity contribution is 0.0701. The van der Waals surface area contributed by atoms with Gasteiger partial charge in [0.05, 0.1) is 44.8 Å². The molecular formula is C16H20N4O4. The van der Waals surface area contributed by atoms with Gasteiger partial charge in [0.1, 0.15) is 5.56 Å². The molecule has 1 atom stereocenters. The van der Waals surface area contributed by atoms with Crippen molar-refractivity contribution in [2.24, 2.45) is 0 Å². The lowest BCUT2D eigenvalue weighted by atomic mass is 10.2. The third-order valence-electron chi connectivity index (χ3n) is 4.00. The first kappa shape index (κ1) is 16.3. The van der Waals surface area contributed by atoms with Crippen LogP contribution in [0.25, 0.3) is 0 Å². The molecule has 1 N–H and O–H groups in total. The number of nitrogens with zero attached hydrogens (tertiary/aromatic N) is 4. The normalized spacial score (nSPS) is 14.9. The second kappa shape index (κ2) is 6.48. The first-order valence-electron chi connectivity index (χ1n) is 7.66. The van der Waals surface area contributed by atoms with Crippen LogP contribution in [-0.2, 0) is 13.1 Å². The van der Waals surface area contributed by atoms with Gasteiger partial charge in [-0.05, 0) is 19.1 Å². The quantitative estimate of drug-likeness (QED) is 0.898. The molecule has 3 heterocycles. The highest BCUT2D eigenvalue weighted by atomic mass is 16.5. The van der Waals surface area contributed by atoms with Crippen LogP contribution in [0.4, 0.5) is 0 Å².